The lowest BCUT2D eigenvalue weighted by Gasteiger charge is -2.37. The number of para-hydroxylation sites is 2. The van der Waals surface area contributed by atoms with Gasteiger partial charge in [0.1, 0.15) is 5.75 Å². The molecule has 0 radical (unpaired) electrons. The van der Waals surface area contributed by atoms with E-state index in [4.69, 9.17) is 14.5 Å². The van der Waals surface area contributed by atoms with Gasteiger partial charge in [-0.15, -0.1) is 24.0 Å². The third-order valence-electron chi connectivity index (χ3n) is 5.91. The summed E-state index contributed by atoms with van der Waals surface area (Å²) in [6.45, 7) is 9.79. The van der Waals surface area contributed by atoms with Crippen LogP contribution in [-0.4, -0.2) is 69.0 Å². The molecule has 1 aromatic carbocycles. The summed E-state index contributed by atoms with van der Waals surface area (Å²) in [6, 6.07) is 8.66. The standard InChI is InChI=1S/C23H38N4O2S.HI/c1-4-24-22(25-18-23(30-5-2)12-15-29-16-13-23)26-19-9-8-14-27(17-19)20-10-6-7-11-21(20)28-3;/h6-7,10-11,19H,4-5,8-9,12-18H2,1-3H3,(H2,24,25,26);1H. The van der Waals surface area contributed by atoms with Gasteiger partial charge in [-0.1, -0.05) is 19.1 Å². The number of anilines is 1. The number of piperidine rings is 1. The number of benzene rings is 1. The molecule has 2 heterocycles. The summed E-state index contributed by atoms with van der Waals surface area (Å²) >= 11 is 2.04. The lowest BCUT2D eigenvalue weighted by molar-refractivity contribution is 0.0793. The molecule has 1 unspecified atom stereocenters. The van der Waals surface area contributed by atoms with E-state index in [0.29, 0.717) is 6.04 Å². The molecule has 2 N–H and O–H groups in total. The summed E-state index contributed by atoms with van der Waals surface area (Å²) in [5.74, 6) is 3.00. The third kappa shape index (κ3) is 7.60. The molecule has 0 amide bonds. The summed E-state index contributed by atoms with van der Waals surface area (Å²) in [7, 11) is 1.74. The first kappa shape index (κ1) is 26.4. The molecule has 1 aromatic rings. The molecule has 2 aliphatic heterocycles. The summed E-state index contributed by atoms with van der Waals surface area (Å²) in [5, 5.41) is 7.17. The van der Waals surface area contributed by atoms with Gasteiger partial charge in [-0.25, -0.2) is 0 Å². The highest BCUT2D eigenvalue weighted by atomic mass is 127. The SMILES string of the molecule is CCNC(=NCC1(SCC)CCOCC1)NC1CCCN(c2ccccc2OC)C1.I. The Balaban J connectivity index is 0.00000341. The highest BCUT2D eigenvalue weighted by molar-refractivity contribution is 14.0. The number of nitrogens with zero attached hydrogens (tertiary/aromatic N) is 2. The molecule has 2 fully saturated rings. The highest BCUT2D eigenvalue weighted by Crippen LogP contribution is 2.35. The second kappa shape index (κ2) is 13.6. The van der Waals surface area contributed by atoms with Crippen LogP contribution in [-0.2, 0) is 4.74 Å². The molecule has 0 bridgehead atoms. The fourth-order valence-corrected chi connectivity index (χ4v) is 5.56. The van der Waals surface area contributed by atoms with Gasteiger partial charge in [0.2, 0.25) is 0 Å². The molecule has 1 atom stereocenters. The maximum atomic E-state index is 5.61. The lowest BCUT2D eigenvalue weighted by atomic mass is 9.99. The summed E-state index contributed by atoms with van der Waals surface area (Å²) in [4.78, 5) is 7.46. The molecule has 3 rings (SSSR count). The molecule has 8 heteroatoms. The van der Waals surface area contributed by atoms with E-state index in [2.05, 4.69) is 41.5 Å². The molecule has 0 aromatic heterocycles. The largest absolute Gasteiger partial charge is 0.495 e. The van der Waals surface area contributed by atoms with Crippen LogP contribution >= 0.6 is 35.7 Å². The monoisotopic (exact) mass is 562 g/mol. The second-order valence-electron chi connectivity index (χ2n) is 8.02. The van der Waals surface area contributed by atoms with Gasteiger partial charge in [0.25, 0.3) is 0 Å². The van der Waals surface area contributed by atoms with E-state index in [9.17, 15) is 0 Å². The number of methoxy groups -OCH3 is 1. The highest BCUT2D eigenvalue weighted by Gasteiger charge is 2.32. The van der Waals surface area contributed by atoms with Crippen molar-refractivity contribution in [2.45, 2.75) is 50.3 Å². The smallest absolute Gasteiger partial charge is 0.191 e. The predicted octanol–water partition coefficient (Wildman–Crippen LogP) is 4.14. The molecule has 0 aliphatic carbocycles. The number of rotatable bonds is 8. The number of ether oxygens (including phenoxy) is 2. The van der Waals surface area contributed by atoms with Gasteiger partial charge in [-0.2, -0.15) is 11.8 Å². The van der Waals surface area contributed by atoms with E-state index in [1.165, 1.54) is 5.69 Å². The van der Waals surface area contributed by atoms with Crippen LogP contribution in [0.1, 0.15) is 39.5 Å². The predicted molar refractivity (Wildman–Crippen MR) is 144 cm³/mol. The minimum atomic E-state index is 0. The minimum absolute atomic E-state index is 0. The van der Waals surface area contributed by atoms with Crippen molar-refractivity contribution in [3.63, 3.8) is 0 Å². The van der Waals surface area contributed by atoms with Gasteiger partial charge >= 0.3 is 0 Å². The number of thioether (sulfide) groups is 1. The zero-order chi connectivity index (χ0) is 21.2. The van der Waals surface area contributed by atoms with Crippen molar-refractivity contribution in [3.8, 4) is 5.75 Å². The van der Waals surface area contributed by atoms with E-state index in [-0.39, 0.29) is 28.7 Å². The van der Waals surface area contributed by atoms with Crippen LogP contribution in [0.25, 0.3) is 0 Å². The van der Waals surface area contributed by atoms with Crippen LogP contribution in [0.3, 0.4) is 0 Å². The Labute approximate surface area is 209 Å². The van der Waals surface area contributed by atoms with Gasteiger partial charge < -0.3 is 25.0 Å². The second-order valence-corrected chi connectivity index (χ2v) is 9.76. The van der Waals surface area contributed by atoms with Crippen LogP contribution in [0, 0.1) is 0 Å². The molecule has 2 aliphatic rings. The van der Waals surface area contributed by atoms with E-state index in [0.717, 1.165) is 82.5 Å². The van der Waals surface area contributed by atoms with Crippen LogP contribution in [0.15, 0.2) is 29.3 Å². The Bertz CT molecular complexity index is 680. The van der Waals surface area contributed by atoms with E-state index < -0.39 is 0 Å². The van der Waals surface area contributed by atoms with Crippen molar-refractivity contribution in [2.75, 3.05) is 57.2 Å². The Morgan fingerprint density at radius 2 is 2.06 bits per heavy atom. The Morgan fingerprint density at radius 3 is 2.77 bits per heavy atom. The van der Waals surface area contributed by atoms with Crippen molar-refractivity contribution in [1.82, 2.24) is 10.6 Å². The minimum Gasteiger partial charge on any atom is -0.495 e. The average molecular weight is 563 g/mol. The van der Waals surface area contributed by atoms with E-state index >= 15 is 0 Å². The van der Waals surface area contributed by atoms with Crippen molar-refractivity contribution in [2.24, 2.45) is 4.99 Å². The maximum Gasteiger partial charge on any atom is 0.191 e. The van der Waals surface area contributed by atoms with Crippen molar-refractivity contribution in [1.29, 1.82) is 0 Å². The number of nitrogens with one attached hydrogen (secondary N) is 2. The zero-order valence-electron chi connectivity index (χ0n) is 19.2. The Hall–Kier alpha value is -0.870. The fraction of sp³-hybridized carbons (Fsp3) is 0.696. The number of aliphatic imine (C=N–C) groups is 1. The third-order valence-corrected chi connectivity index (χ3v) is 7.35. The first-order valence-corrected chi connectivity index (χ1v) is 12.3. The number of hydrogen-bond acceptors (Lipinski definition) is 5. The van der Waals surface area contributed by atoms with Gasteiger partial charge in [0, 0.05) is 43.6 Å². The molecule has 2 saturated heterocycles. The fourth-order valence-electron chi connectivity index (χ4n) is 4.34. The Morgan fingerprint density at radius 1 is 1.29 bits per heavy atom. The first-order chi connectivity index (χ1) is 14.7. The molecular formula is C23H39IN4O2S. The number of halogens is 1. The van der Waals surface area contributed by atoms with Gasteiger partial charge in [0.05, 0.1) is 19.3 Å². The van der Waals surface area contributed by atoms with E-state index in [1.54, 1.807) is 7.11 Å². The van der Waals surface area contributed by atoms with Crippen LogP contribution < -0.4 is 20.3 Å². The maximum absolute atomic E-state index is 5.61. The lowest BCUT2D eigenvalue weighted by Crippen LogP contribution is -2.51. The van der Waals surface area contributed by atoms with Crippen molar-refractivity contribution < 1.29 is 9.47 Å². The molecule has 31 heavy (non-hydrogen) atoms. The van der Waals surface area contributed by atoms with Crippen LogP contribution in [0.2, 0.25) is 0 Å². The number of hydrogen-bond donors (Lipinski definition) is 2. The molecule has 176 valence electrons. The normalized spacial score (nSPS) is 21.2. The summed E-state index contributed by atoms with van der Waals surface area (Å²) < 4.78 is 11.4. The number of guanidine groups is 1. The molecule has 0 saturated carbocycles. The average Bonchev–Trinajstić information content (AvgIpc) is 2.79. The van der Waals surface area contributed by atoms with Crippen LogP contribution in [0.5, 0.6) is 5.75 Å². The van der Waals surface area contributed by atoms with Crippen LogP contribution in [0.4, 0.5) is 5.69 Å². The van der Waals surface area contributed by atoms with E-state index in [1.807, 2.05) is 23.9 Å². The first-order valence-electron chi connectivity index (χ1n) is 11.3. The van der Waals surface area contributed by atoms with Crippen molar-refractivity contribution >= 4 is 47.4 Å². The quantitative estimate of drug-likeness (QED) is 0.282. The molecule has 6 nitrogen and oxygen atoms in total. The topological polar surface area (TPSA) is 58.1 Å². The summed E-state index contributed by atoms with van der Waals surface area (Å²) in [5.41, 5.74) is 1.17. The molecule has 0 spiro atoms. The summed E-state index contributed by atoms with van der Waals surface area (Å²) in [6.07, 6.45) is 4.47. The van der Waals surface area contributed by atoms with Crippen molar-refractivity contribution in [3.05, 3.63) is 24.3 Å². The zero-order valence-corrected chi connectivity index (χ0v) is 22.3. The Kier molecular flexibility index (Phi) is 11.6. The van der Waals surface area contributed by atoms with Gasteiger partial charge in [-0.3, -0.25) is 4.99 Å². The van der Waals surface area contributed by atoms with Gasteiger partial charge in [0.15, 0.2) is 5.96 Å². The molecular weight excluding hydrogens is 523 g/mol. The van der Waals surface area contributed by atoms with Gasteiger partial charge in [-0.05, 0) is 50.5 Å².